The van der Waals surface area contributed by atoms with Gasteiger partial charge in [0.15, 0.2) is 0 Å². The van der Waals surface area contributed by atoms with Gasteiger partial charge in [-0.1, -0.05) is 13.0 Å². The van der Waals surface area contributed by atoms with Gasteiger partial charge in [-0.2, -0.15) is 0 Å². The van der Waals surface area contributed by atoms with E-state index < -0.39 is 0 Å². The zero-order chi connectivity index (χ0) is 13.5. The minimum absolute atomic E-state index is 0.692. The highest BCUT2D eigenvalue weighted by molar-refractivity contribution is 5.19. The summed E-state index contributed by atoms with van der Waals surface area (Å²) in [6, 6.07) is 5.00. The van der Waals surface area contributed by atoms with E-state index in [0.717, 1.165) is 36.1 Å². The van der Waals surface area contributed by atoms with Gasteiger partial charge >= 0.3 is 0 Å². The first kappa shape index (κ1) is 12.8. The van der Waals surface area contributed by atoms with E-state index >= 15 is 0 Å². The summed E-state index contributed by atoms with van der Waals surface area (Å²) in [5.41, 5.74) is 1.40. The standard InChI is InChI=1S/C18H26N2/c1-2-7-20-15(9-12-4-3-8-19-11-12)18-16-13-5-6-14(10-13)17(16)18/h3-4,8,11,13-18,20H,2,5-7,9-10H2,1H3. The number of hydrogen-bond donors (Lipinski definition) is 1. The molecule has 1 aromatic rings. The molecule has 1 N–H and O–H groups in total. The number of hydrogen-bond acceptors (Lipinski definition) is 2. The molecule has 0 saturated heterocycles. The lowest BCUT2D eigenvalue weighted by Crippen LogP contribution is -2.36. The predicted molar refractivity (Wildman–Crippen MR) is 81.3 cm³/mol. The van der Waals surface area contributed by atoms with E-state index in [1.54, 1.807) is 6.42 Å². The van der Waals surface area contributed by atoms with Crippen molar-refractivity contribution >= 4 is 0 Å². The van der Waals surface area contributed by atoms with E-state index in [-0.39, 0.29) is 0 Å². The van der Waals surface area contributed by atoms with E-state index in [1.165, 1.54) is 31.2 Å². The van der Waals surface area contributed by atoms with Crippen molar-refractivity contribution in [1.82, 2.24) is 10.3 Å². The predicted octanol–water partition coefficient (Wildman–Crippen LogP) is 3.28. The highest BCUT2D eigenvalue weighted by Crippen LogP contribution is 2.70. The fourth-order valence-corrected chi connectivity index (χ4v) is 5.38. The summed E-state index contributed by atoms with van der Waals surface area (Å²) >= 11 is 0. The zero-order valence-corrected chi connectivity index (χ0v) is 12.5. The van der Waals surface area contributed by atoms with Gasteiger partial charge in [0.05, 0.1) is 0 Å². The first-order valence-corrected chi connectivity index (χ1v) is 8.50. The summed E-state index contributed by atoms with van der Waals surface area (Å²) in [4.78, 5) is 4.28. The van der Waals surface area contributed by atoms with Gasteiger partial charge in [-0.3, -0.25) is 4.98 Å². The van der Waals surface area contributed by atoms with Crippen molar-refractivity contribution < 1.29 is 0 Å². The molecule has 3 saturated carbocycles. The Kier molecular flexibility index (Phi) is 3.30. The van der Waals surface area contributed by atoms with Crippen LogP contribution in [-0.2, 0) is 6.42 Å². The molecule has 1 heterocycles. The maximum atomic E-state index is 4.28. The molecule has 3 aliphatic rings. The smallest absolute Gasteiger partial charge is 0.0300 e. The number of pyridine rings is 1. The van der Waals surface area contributed by atoms with E-state index in [4.69, 9.17) is 0 Å². The summed E-state index contributed by atoms with van der Waals surface area (Å²) in [7, 11) is 0. The minimum atomic E-state index is 0.692. The molecule has 2 bridgehead atoms. The van der Waals surface area contributed by atoms with Gasteiger partial charge < -0.3 is 5.32 Å². The summed E-state index contributed by atoms with van der Waals surface area (Å²) in [5, 5.41) is 3.85. The maximum absolute atomic E-state index is 4.28. The largest absolute Gasteiger partial charge is 0.313 e. The van der Waals surface area contributed by atoms with Crippen molar-refractivity contribution in [2.45, 2.75) is 45.1 Å². The van der Waals surface area contributed by atoms with Crippen molar-refractivity contribution in [2.24, 2.45) is 29.6 Å². The van der Waals surface area contributed by atoms with Gasteiger partial charge in [-0.25, -0.2) is 0 Å². The monoisotopic (exact) mass is 270 g/mol. The van der Waals surface area contributed by atoms with Crippen LogP contribution in [0.5, 0.6) is 0 Å². The highest BCUT2D eigenvalue weighted by atomic mass is 14.9. The number of aromatic nitrogens is 1. The molecule has 0 radical (unpaired) electrons. The molecule has 3 fully saturated rings. The van der Waals surface area contributed by atoms with Crippen molar-refractivity contribution in [1.29, 1.82) is 0 Å². The maximum Gasteiger partial charge on any atom is 0.0300 e. The lowest BCUT2D eigenvalue weighted by Gasteiger charge is -2.22. The number of rotatable bonds is 6. The van der Waals surface area contributed by atoms with Gasteiger partial charge in [0, 0.05) is 18.4 Å². The minimum Gasteiger partial charge on any atom is -0.313 e. The third kappa shape index (κ3) is 2.09. The molecule has 2 nitrogen and oxygen atoms in total. The second-order valence-corrected chi connectivity index (χ2v) is 7.19. The molecule has 0 amide bonds. The Bertz CT molecular complexity index is 442. The molecule has 1 aromatic heterocycles. The average Bonchev–Trinajstić information content (AvgIpc) is 2.91. The lowest BCUT2D eigenvalue weighted by atomic mass is 9.93. The molecule has 4 rings (SSSR count). The molecule has 0 aromatic carbocycles. The van der Waals surface area contributed by atoms with Crippen LogP contribution in [0.3, 0.4) is 0 Å². The summed E-state index contributed by atoms with van der Waals surface area (Å²) < 4.78 is 0. The van der Waals surface area contributed by atoms with E-state index in [9.17, 15) is 0 Å². The van der Waals surface area contributed by atoms with Crippen LogP contribution in [0.1, 0.15) is 38.2 Å². The van der Waals surface area contributed by atoms with Crippen LogP contribution in [-0.4, -0.2) is 17.6 Å². The first-order chi connectivity index (χ1) is 9.88. The second-order valence-electron chi connectivity index (χ2n) is 7.19. The Morgan fingerprint density at radius 3 is 2.75 bits per heavy atom. The Balaban J connectivity index is 1.46. The summed E-state index contributed by atoms with van der Waals surface area (Å²) in [6.45, 7) is 3.43. The van der Waals surface area contributed by atoms with Gasteiger partial charge in [0.2, 0.25) is 0 Å². The summed E-state index contributed by atoms with van der Waals surface area (Å²) in [6.07, 6.45) is 10.9. The Labute approximate surface area is 122 Å². The SMILES string of the molecule is CCCNC(Cc1cccnc1)C1C2C3CCC(C3)C21. The topological polar surface area (TPSA) is 24.9 Å². The molecule has 0 spiro atoms. The summed E-state index contributed by atoms with van der Waals surface area (Å²) in [5.74, 6) is 5.26. The third-order valence-corrected chi connectivity index (χ3v) is 6.09. The van der Waals surface area contributed by atoms with Crippen molar-refractivity contribution in [3.63, 3.8) is 0 Å². The zero-order valence-electron chi connectivity index (χ0n) is 12.5. The molecular formula is C18H26N2. The van der Waals surface area contributed by atoms with Crippen LogP contribution in [0, 0.1) is 29.6 Å². The van der Waals surface area contributed by atoms with Crippen LogP contribution >= 0.6 is 0 Å². The van der Waals surface area contributed by atoms with Crippen LogP contribution in [0.25, 0.3) is 0 Å². The number of nitrogens with zero attached hydrogens (tertiary/aromatic N) is 1. The Hall–Kier alpha value is -0.890. The highest BCUT2D eigenvalue weighted by Gasteiger charge is 2.66. The fourth-order valence-electron chi connectivity index (χ4n) is 5.38. The molecule has 3 aliphatic carbocycles. The Morgan fingerprint density at radius 2 is 2.10 bits per heavy atom. The quantitative estimate of drug-likeness (QED) is 0.858. The second kappa shape index (κ2) is 5.14. The fraction of sp³-hybridized carbons (Fsp3) is 0.722. The van der Waals surface area contributed by atoms with E-state index in [1.807, 2.05) is 12.4 Å². The average molecular weight is 270 g/mol. The van der Waals surface area contributed by atoms with Crippen LogP contribution in [0.4, 0.5) is 0 Å². The van der Waals surface area contributed by atoms with Crippen molar-refractivity contribution in [3.05, 3.63) is 30.1 Å². The van der Waals surface area contributed by atoms with Crippen molar-refractivity contribution in [3.8, 4) is 0 Å². The first-order valence-electron chi connectivity index (χ1n) is 8.50. The van der Waals surface area contributed by atoms with Gasteiger partial charge in [0.1, 0.15) is 0 Å². The number of nitrogens with one attached hydrogen (secondary N) is 1. The molecule has 20 heavy (non-hydrogen) atoms. The van der Waals surface area contributed by atoms with E-state index in [2.05, 4.69) is 29.4 Å². The Morgan fingerprint density at radius 1 is 1.30 bits per heavy atom. The molecule has 108 valence electrons. The normalized spacial score (nSPS) is 38.8. The van der Waals surface area contributed by atoms with Crippen LogP contribution in [0.2, 0.25) is 0 Å². The number of fused-ring (bicyclic) bond motifs is 5. The molecule has 0 aliphatic heterocycles. The molecular weight excluding hydrogens is 244 g/mol. The van der Waals surface area contributed by atoms with Gasteiger partial charge in [-0.05, 0) is 79.9 Å². The van der Waals surface area contributed by atoms with E-state index in [0.29, 0.717) is 6.04 Å². The van der Waals surface area contributed by atoms with Crippen molar-refractivity contribution in [2.75, 3.05) is 6.54 Å². The van der Waals surface area contributed by atoms with Gasteiger partial charge in [0.25, 0.3) is 0 Å². The van der Waals surface area contributed by atoms with Gasteiger partial charge in [-0.15, -0.1) is 0 Å². The lowest BCUT2D eigenvalue weighted by molar-refractivity contribution is 0.361. The van der Waals surface area contributed by atoms with Crippen LogP contribution < -0.4 is 5.32 Å². The molecule has 2 heteroatoms. The third-order valence-electron chi connectivity index (χ3n) is 6.09. The molecule has 5 unspecified atom stereocenters. The molecule has 5 atom stereocenters. The van der Waals surface area contributed by atoms with Crippen LogP contribution in [0.15, 0.2) is 24.5 Å².